The Morgan fingerprint density at radius 1 is 1.17 bits per heavy atom. The molecular formula is C18H25NO5. The third-order valence-electron chi connectivity index (χ3n) is 3.38. The van der Waals surface area contributed by atoms with E-state index in [0.717, 1.165) is 5.56 Å². The SMILES string of the molecule is CC(C)(C)OC(=O)[C@@H](Cc1ccccc1)C(=O)CCC(N)C(=O)O. The molecule has 0 fully saturated rings. The summed E-state index contributed by atoms with van der Waals surface area (Å²) in [6.07, 6.45) is 0.128. The number of aliphatic carboxylic acids is 1. The average molecular weight is 335 g/mol. The molecule has 1 unspecified atom stereocenters. The highest BCUT2D eigenvalue weighted by molar-refractivity contribution is 5.99. The molecule has 0 aliphatic rings. The first-order valence-electron chi connectivity index (χ1n) is 7.88. The Kier molecular flexibility index (Phi) is 7.10. The molecule has 6 heteroatoms. The van der Waals surface area contributed by atoms with Gasteiger partial charge in [0.25, 0.3) is 0 Å². The van der Waals surface area contributed by atoms with Crippen LogP contribution in [0.15, 0.2) is 30.3 Å². The van der Waals surface area contributed by atoms with Gasteiger partial charge in [0.1, 0.15) is 23.3 Å². The smallest absolute Gasteiger partial charge is 0.320 e. The summed E-state index contributed by atoms with van der Waals surface area (Å²) >= 11 is 0. The summed E-state index contributed by atoms with van der Waals surface area (Å²) in [5.74, 6) is -3.09. The van der Waals surface area contributed by atoms with Gasteiger partial charge in [0.15, 0.2) is 0 Å². The second-order valence-corrected chi connectivity index (χ2v) is 6.73. The molecule has 1 aromatic carbocycles. The lowest BCUT2D eigenvalue weighted by Gasteiger charge is -2.23. The van der Waals surface area contributed by atoms with Gasteiger partial charge in [0, 0.05) is 6.42 Å². The van der Waals surface area contributed by atoms with E-state index >= 15 is 0 Å². The standard InChI is InChI=1S/C18H25NO5/c1-18(2,3)24-17(23)13(11-12-7-5-4-6-8-12)15(20)10-9-14(19)16(21)22/h4-8,13-14H,9-11,19H2,1-3H3,(H,21,22)/t13-,14?/m0/s1. The molecule has 1 rings (SSSR count). The van der Waals surface area contributed by atoms with Gasteiger partial charge in [0.2, 0.25) is 0 Å². The second kappa shape index (κ2) is 8.59. The Labute approximate surface area is 142 Å². The van der Waals surface area contributed by atoms with E-state index in [1.807, 2.05) is 30.3 Å². The van der Waals surface area contributed by atoms with E-state index in [4.69, 9.17) is 15.6 Å². The van der Waals surface area contributed by atoms with Crippen molar-refractivity contribution in [3.05, 3.63) is 35.9 Å². The summed E-state index contributed by atoms with van der Waals surface area (Å²) in [7, 11) is 0. The van der Waals surface area contributed by atoms with Crippen LogP contribution >= 0.6 is 0 Å². The summed E-state index contributed by atoms with van der Waals surface area (Å²) < 4.78 is 5.34. The molecule has 2 atom stereocenters. The number of carbonyl (C=O) groups is 3. The summed E-state index contributed by atoms with van der Waals surface area (Å²) in [5.41, 5.74) is 5.56. The monoisotopic (exact) mass is 335 g/mol. The minimum absolute atomic E-state index is 0.0117. The zero-order chi connectivity index (χ0) is 18.3. The fourth-order valence-corrected chi connectivity index (χ4v) is 2.15. The largest absolute Gasteiger partial charge is 0.480 e. The third kappa shape index (κ3) is 6.91. The number of hydrogen-bond acceptors (Lipinski definition) is 5. The highest BCUT2D eigenvalue weighted by Gasteiger charge is 2.31. The molecule has 1 aromatic rings. The third-order valence-corrected chi connectivity index (χ3v) is 3.38. The Balaban J connectivity index is 2.85. The van der Waals surface area contributed by atoms with E-state index in [1.54, 1.807) is 20.8 Å². The van der Waals surface area contributed by atoms with Crippen LogP contribution in [-0.4, -0.2) is 34.5 Å². The van der Waals surface area contributed by atoms with E-state index in [-0.39, 0.29) is 25.0 Å². The van der Waals surface area contributed by atoms with Crippen LogP contribution in [-0.2, 0) is 25.5 Å². The minimum Gasteiger partial charge on any atom is -0.480 e. The van der Waals surface area contributed by atoms with E-state index in [0.29, 0.717) is 0 Å². The van der Waals surface area contributed by atoms with Gasteiger partial charge >= 0.3 is 11.9 Å². The second-order valence-electron chi connectivity index (χ2n) is 6.73. The first-order valence-corrected chi connectivity index (χ1v) is 7.88. The number of ether oxygens (including phenoxy) is 1. The molecule has 3 N–H and O–H groups in total. The molecule has 0 aliphatic carbocycles. The molecule has 0 aromatic heterocycles. The maximum absolute atomic E-state index is 12.5. The number of carboxylic acid groups (broad SMARTS) is 1. The van der Waals surface area contributed by atoms with Gasteiger partial charge < -0.3 is 15.6 Å². The van der Waals surface area contributed by atoms with E-state index in [2.05, 4.69) is 0 Å². The molecule has 0 radical (unpaired) electrons. The normalized spacial score (nSPS) is 13.8. The van der Waals surface area contributed by atoms with Gasteiger partial charge in [0.05, 0.1) is 0 Å². The molecule has 0 saturated carbocycles. The zero-order valence-electron chi connectivity index (χ0n) is 14.3. The van der Waals surface area contributed by atoms with Crippen molar-refractivity contribution in [3.8, 4) is 0 Å². The number of Topliss-reactive ketones (excluding diaryl/α,β-unsaturated/α-hetero) is 1. The molecule has 6 nitrogen and oxygen atoms in total. The van der Waals surface area contributed by atoms with Crippen LogP contribution in [0.5, 0.6) is 0 Å². The average Bonchev–Trinajstić information content (AvgIpc) is 2.49. The van der Waals surface area contributed by atoms with Crippen LogP contribution in [0.1, 0.15) is 39.2 Å². The van der Waals surface area contributed by atoms with Gasteiger partial charge in [-0.2, -0.15) is 0 Å². The van der Waals surface area contributed by atoms with E-state index in [1.165, 1.54) is 0 Å². The fraction of sp³-hybridized carbons (Fsp3) is 0.500. The van der Waals surface area contributed by atoms with Crippen LogP contribution in [0, 0.1) is 5.92 Å². The van der Waals surface area contributed by atoms with Gasteiger partial charge in [-0.25, -0.2) is 0 Å². The van der Waals surface area contributed by atoms with Gasteiger partial charge in [-0.1, -0.05) is 30.3 Å². The van der Waals surface area contributed by atoms with Crippen LogP contribution in [0.2, 0.25) is 0 Å². The molecule has 0 aliphatic heterocycles. The molecule has 0 amide bonds. The highest BCUT2D eigenvalue weighted by Crippen LogP contribution is 2.18. The highest BCUT2D eigenvalue weighted by atomic mass is 16.6. The molecule has 0 bridgehead atoms. The Hall–Kier alpha value is -2.21. The van der Waals surface area contributed by atoms with Gasteiger partial charge in [-0.3, -0.25) is 14.4 Å². The summed E-state index contributed by atoms with van der Waals surface area (Å²) in [5, 5.41) is 8.80. The van der Waals surface area contributed by atoms with Crippen LogP contribution in [0.4, 0.5) is 0 Å². The van der Waals surface area contributed by atoms with Crippen molar-refractivity contribution in [2.45, 2.75) is 51.7 Å². The topological polar surface area (TPSA) is 107 Å². The molecule has 0 spiro atoms. The fourth-order valence-electron chi connectivity index (χ4n) is 2.15. The van der Waals surface area contributed by atoms with Crippen LogP contribution < -0.4 is 5.73 Å². The van der Waals surface area contributed by atoms with Crippen LogP contribution in [0.25, 0.3) is 0 Å². The van der Waals surface area contributed by atoms with Crippen molar-refractivity contribution in [2.24, 2.45) is 11.7 Å². The lowest BCUT2D eigenvalue weighted by atomic mass is 9.91. The minimum atomic E-state index is -1.17. The number of rotatable bonds is 8. The Morgan fingerprint density at radius 2 is 1.75 bits per heavy atom. The van der Waals surface area contributed by atoms with Gasteiger partial charge in [-0.05, 0) is 39.2 Å². The number of carboxylic acids is 1. The number of ketones is 1. The Bertz CT molecular complexity index is 577. The molecule has 132 valence electrons. The van der Waals surface area contributed by atoms with Crippen LogP contribution in [0.3, 0.4) is 0 Å². The molecule has 0 heterocycles. The number of hydrogen-bond donors (Lipinski definition) is 2. The quantitative estimate of drug-likeness (QED) is 0.555. The number of nitrogens with two attached hydrogens (primary N) is 1. The van der Waals surface area contributed by atoms with Crippen molar-refractivity contribution in [1.82, 2.24) is 0 Å². The van der Waals surface area contributed by atoms with E-state index in [9.17, 15) is 14.4 Å². The number of benzene rings is 1. The van der Waals surface area contributed by atoms with Crippen molar-refractivity contribution in [3.63, 3.8) is 0 Å². The van der Waals surface area contributed by atoms with E-state index < -0.39 is 29.5 Å². The molecular weight excluding hydrogens is 310 g/mol. The van der Waals surface area contributed by atoms with Crippen molar-refractivity contribution in [1.29, 1.82) is 0 Å². The number of esters is 1. The summed E-state index contributed by atoms with van der Waals surface area (Å²) in [6.45, 7) is 5.19. The van der Waals surface area contributed by atoms with Crippen molar-refractivity contribution < 1.29 is 24.2 Å². The molecule has 0 saturated heterocycles. The van der Waals surface area contributed by atoms with Crippen molar-refractivity contribution in [2.75, 3.05) is 0 Å². The first-order chi connectivity index (χ1) is 11.1. The summed E-state index contributed by atoms with van der Waals surface area (Å²) in [4.78, 5) is 35.6. The zero-order valence-corrected chi connectivity index (χ0v) is 14.3. The van der Waals surface area contributed by atoms with Crippen molar-refractivity contribution >= 4 is 17.7 Å². The lowest BCUT2D eigenvalue weighted by molar-refractivity contribution is -0.162. The predicted molar refractivity (Wildman–Crippen MR) is 89.3 cm³/mol. The lowest BCUT2D eigenvalue weighted by Crippen LogP contribution is -2.36. The Morgan fingerprint density at radius 3 is 2.25 bits per heavy atom. The van der Waals surface area contributed by atoms with Gasteiger partial charge in [-0.15, -0.1) is 0 Å². The summed E-state index contributed by atoms with van der Waals surface area (Å²) in [6, 6.07) is 8.03. The number of carbonyl (C=O) groups excluding carboxylic acids is 2. The first kappa shape index (κ1) is 19.8. The maximum Gasteiger partial charge on any atom is 0.320 e. The maximum atomic E-state index is 12.5. The predicted octanol–water partition coefficient (Wildman–Crippen LogP) is 1.95. The molecule has 24 heavy (non-hydrogen) atoms.